The largest absolute Gasteiger partial charge is 0.504 e. The minimum atomic E-state index is -4.51. The monoisotopic (exact) mass is 416 g/mol. The topological polar surface area (TPSA) is 92.4 Å². The van der Waals surface area contributed by atoms with Crippen molar-refractivity contribution in [1.29, 1.82) is 0 Å². The zero-order valence-electron chi connectivity index (χ0n) is 15.5. The molecule has 30 heavy (non-hydrogen) atoms. The fourth-order valence-corrected chi connectivity index (χ4v) is 2.65. The van der Waals surface area contributed by atoms with Crippen LogP contribution in [0.2, 0.25) is 0 Å². The van der Waals surface area contributed by atoms with E-state index in [1.54, 1.807) is 0 Å². The molecule has 0 saturated heterocycles. The molecule has 0 unspecified atom stereocenters. The molecule has 2 aromatic carbocycles. The highest BCUT2D eigenvalue weighted by atomic mass is 19.4. The first-order chi connectivity index (χ1) is 14.1. The molecule has 0 radical (unpaired) electrons. The summed E-state index contributed by atoms with van der Waals surface area (Å²) in [5.41, 5.74) is -0.0802. The summed E-state index contributed by atoms with van der Waals surface area (Å²) in [6.45, 7) is 1.27. The van der Waals surface area contributed by atoms with Gasteiger partial charge in [-0.05, 0) is 67.6 Å². The molecule has 3 rings (SSSR count). The summed E-state index contributed by atoms with van der Waals surface area (Å²) in [4.78, 5) is 23.7. The SMILES string of the molecule is CC(=O)/C=C\C(=O)c1cc(-c2ccc(O)c(O)c2)nn1-c1ccc(C(F)(F)F)cc1. The predicted molar refractivity (Wildman–Crippen MR) is 101 cm³/mol. The van der Waals surface area contributed by atoms with Crippen molar-refractivity contribution in [2.24, 2.45) is 0 Å². The Morgan fingerprint density at radius 1 is 0.967 bits per heavy atom. The average Bonchev–Trinajstić information content (AvgIpc) is 3.13. The van der Waals surface area contributed by atoms with Crippen LogP contribution in [0.5, 0.6) is 11.5 Å². The van der Waals surface area contributed by atoms with E-state index < -0.39 is 23.3 Å². The van der Waals surface area contributed by atoms with Gasteiger partial charge in [0.25, 0.3) is 0 Å². The van der Waals surface area contributed by atoms with E-state index in [2.05, 4.69) is 5.10 Å². The molecule has 1 aromatic heterocycles. The summed E-state index contributed by atoms with van der Waals surface area (Å²) in [6.07, 6.45) is -2.41. The van der Waals surface area contributed by atoms with E-state index in [0.717, 1.165) is 29.0 Å². The van der Waals surface area contributed by atoms with Crippen molar-refractivity contribution in [3.05, 3.63) is 71.9 Å². The normalized spacial score (nSPS) is 11.7. The summed E-state index contributed by atoms with van der Waals surface area (Å²) in [5, 5.41) is 23.4. The molecule has 0 aliphatic heterocycles. The Labute approximate surface area is 168 Å². The first kappa shape index (κ1) is 20.8. The van der Waals surface area contributed by atoms with E-state index in [9.17, 15) is 33.0 Å². The number of alkyl halides is 3. The minimum Gasteiger partial charge on any atom is -0.504 e. The Balaban J connectivity index is 2.12. The van der Waals surface area contributed by atoms with Crippen LogP contribution in [0.15, 0.2) is 60.7 Å². The second-order valence-electron chi connectivity index (χ2n) is 6.38. The molecule has 2 N–H and O–H groups in total. The van der Waals surface area contributed by atoms with Gasteiger partial charge in [0.15, 0.2) is 17.3 Å². The van der Waals surface area contributed by atoms with Crippen molar-refractivity contribution >= 4 is 11.6 Å². The molecular weight excluding hydrogens is 401 g/mol. The van der Waals surface area contributed by atoms with Gasteiger partial charge in [0.05, 0.1) is 16.9 Å². The number of phenols is 2. The maximum Gasteiger partial charge on any atom is 0.416 e. The third-order valence-electron chi connectivity index (χ3n) is 4.14. The molecule has 0 saturated carbocycles. The Morgan fingerprint density at radius 3 is 2.20 bits per heavy atom. The lowest BCUT2D eigenvalue weighted by molar-refractivity contribution is -0.137. The summed E-state index contributed by atoms with van der Waals surface area (Å²) in [6, 6.07) is 9.35. The van der Waals surface area contributed by atoms with Crippen LogP contribution >= 0.6 is 0 Å². The van der Waals surface area contributed by atoms with Crippen LogP contribution < -0.4 is 0 Å². The van der Waals surface area contributed by atoms with Crippen LogP contribution in [-0.2, 0) is 11.0 Å². The van der Waals surface area contributed by atoms with Crippen molar-refractivity contribution in [2.75, 3.05) is 0 Å². The second kappa shape index (κ2) is 7.86. The summed E-state index contributed by atoms with van der Waals surface area (Å²) >= 11 is 0. The maximum absolute atomic E-state index is 12.8. The Hall–Kier alpha value is -3.88. The lowest BCUT2D eigenvalue weighted by Gasteiger charge is -2.09. The number of hydrogen-bond donors (Lipinski definition) is 2. The highest BCUT2D eigenvalue weighted by Gasteiger charge is 2.30. The zero-order valence-corrected chi connectivity index (χ0v) is 15.5. The van der Waals surface area contributed by atoms with Gasteiger partial charge in [-0.3, -0.25) is 9.59 Å². The number of halogens is 3. The molecular formula is C21H15F3N2O4. The first-order valence-electron chi connectivity index (χ1n) is 8.59. The van der Waals surface area contributed by atoms with Crippen LogP contribution in [0, 0.1) is 0 Å². The van der Waals surface area contributed by atoms with Gasteiger partial charge < -0.3 is 10.2 Å². The van der Waals surface area contributed by atoms with E-state index in [0.29, 0.717) is 5.56 Å². The van der Waals surface area contributed by atoms with E-state index in [1.807, 2.05) is 0 Å². The molecule has 9 heteroatoms. The number of phenolic OH excluding ortho intramolecular Hbond substituents is 2. The van der Waals surface area contributed by atoms with Crippen LogP contribution in [0.3, 0.4) is 0 Å². The second-order valence-corrected chi connectivity index (χ2v) is 6.38. The molecule has 1 heterocycles. The number of carbonyl (C=O) groups excluding carboxylic acids is 2. The first-order valence-corrected chi connectivity index (χ1v) is 8.59. The molecule has 0 atom stereocenters. The molecule has 0 fully saturated rings. The van der Waals surface area contributed by atoms with E-state index in [4.69, 9.17) is 0 Å². The van der Waals surface area contributed by atoms with Gasteiger partial charge in [-0.2, -0.15) is 18.3 Å². The van der Waals surface area contributed by atoms with Gasteiger partial charge in [0.1, 0.15) is 5.69 Å². The van der Waals surface area contributed by atoms with Gasteiger partial charge in [0, 0.05) is 5.56 Å². The maximum atomic E-state index is 12.8. The Kier molecular flexibility index (Phi) is 5.46. The van der Waals surface area contributed by atoms with Crippen molar-refractivity contribution < 1.29 is 33.0 Å². The smallest absolute Gasteiger partial charge is 0.416 e. The molecule has 0 aliphatic carbocycles. The van der Waals surface area contributed by atoms with Crippen LogP contribution in [0.1, 0.15) is 23.0 Å². The lowest BCUT2D eigenvalue weighted by Crippen LogP contribution is -2.09. The quantitative estimate of drug-likeness (QED) is 0.368. The third-order valence-corrected chi connectivity index (χ3v) is 4.14. The molecule has 0 bridgehead atoms. The number of carbonyl (C=O) groups is 2. The fourth-order valence-electron chi connectivity index (χ4n) is 2.65. The minimum absolute atomic E-state index is 0.00479. The van der Waals surface area contributed by atoms with E-state index in [-0.39, 0.29) is 28.6 Å². The summed E-state index contributed by atoms with van der Waals surface area (Å²) in [7, 11) is 0. The number of hydrogen-bond acceptors (Lipinski definition) is 5. The molecule has 0 spiro atoms. The van der Waals surface area contributed by atoms with Gasteiger partial charge in [0.2, 0.25) is 5.78 Å². The predicted octanol–water partition coefficient (Wildman–Crippen LogP) is 4.30. The molecule has 6 nitrogen and oxygen atoms in total. The van der Waals surface area contributed by atoms with Gasteiger partial charge in [-0.15, -0.1) is 0 Å². The average molecular weight is 416 g/mol. The van der Waals surface area contributed by atoms with Crippen molar-refractivity contribution in [2.45, 2.75) is 13.1 Å². The fraction of sp³-hybridized carbons (Fsp3) is 0.0952. The highest BCUT2D eigenvalue weighted by Crippen LogP contribution is 2.32. The number of benzene rings is 2. The van der Waals surface area contributed by atoms with Crippen LogP contribution in [-0.4, -0.2) is 31.6 Å². The Bertz CT molecular complexity index is 1150. The standard InChI is InChI=1S/C21H15F3N2O4/c1-12(27)2-8-18(28)17-11-16(13-3-9-19(29)20(30)10-13)25-26(17)15-6-4-14(5-7-15)21(22,23)24/h2-11,29-30H,1H3/b8-2-. The number of aromatic hydroxyl groups is 2. The third kappa shape index (κ3) is 4.40. The molecule has 0 amide bonds. The summed E-state index contributed by atoms with van der Waals surface area (Å²) in [5.74, 6) is -1.69. The lowest BCUT2D eigenvalue weighted by atomic mass is 10.1. The number of rotatable bonds is 5. The zero-order chi connectivity index (χ0) is 22.1. The number of nitrogens with zero attached hydrogens (tertiary/aromatic N) is 2. The summed E-state index contributed by atoms with van der Waals surface area (Å²) < 4.78 is 39.7. The molecule has 0 aliphatic rings. The van der Waals surface area contributed by atoms with Crippen molar-refractivity contribution in [1.82, 2.24) is 9.78 Å². The van der Waals surface area contributed by atoms with Crippen LogP contribution in [0.4, 0.5) is 13.2 Å². The van der Waals surface area contributed by atoms with Gasteiger partial charge >= 0.3 is 6.18 Å². The molecule has 3 aromatic rings. The van der Waals surface area contributed by atoms with Gasteiger partial charge in [-0.1, -0.05) is 0 Å². The Morgan fingerprint density at radius 2 is 1.63 bits per heavy atom. The highest BCUT2D eigenvalue weighted by molar-refractivity contribution is 6.07. The van der Waals surface area contributed by atoms with E-state index in [1.165, 1.54) is 43.3 Å². The number of allylic oxidation sites excluding steroid dienone is 2. The van der Waals surface area contributed by atoms with Crippen LogP contribution in [0.25, 0.3) is 16.9 Å². The number of aromatic nitrogens is 2. The van der Waals surface area contributed by atoms with Crippen molar-refractivity contribution in [3.8, 4) is 28.4 Å². The van der Waals surface area contributed by atoms with E-state index >= 15 is 0 Å². The van der Waals surface area contributed by atoms with Gasteiger partial charge in [-0.25, -0.2) is 4.68 Å². The molecule has 154 valence electrons. The van der Waals surface area contributed by atoms with Crippen molar-refractivity contribution in [3.63, 3.8) is 0 Å². The number of ketones is 2.